The number of methoxy groups -OCH3 is 1. The normalized spacial score (nSPS) is 10.6. The molecule has 0 amide bonds. The minimum absolute atomic E-state index is 0.0197. The summed E-state index contributed by atoms with van der Waals surface area (Å²) in [6, 6.07) is 11.2. The zero-order valence-corrected chi connectivity index (χ0v) is 11.7. The summed E-state index contributed by atoms with van der Waals surface area (Å²) in [4.78, 5) is 4.33. The fourth-order valence-electron chi connectivity index (χ4n) is 2.33. The van der Waals surface area contributed by atoms with E-state index in [-0.39, 0.29) is 6.54 Å². The van der Waals surface area contributed by atoms with Gasteiger partial charge in [0.25, 0.3) is 0 Å². The molecule has 0 N–H and O–H groups in total. The Morgan fingerprint density at radius 3 is 2.73 bits per heavy atom. The molecular formula is C16H11F2N3O. The highest BCUT2D eigenvalue weighted by molar-refractivity contribution is 5.81. The fourth-order valence-corrected chi connectivity index (χ4v) is 2.33. The third-order valence-corrected chi connectivity index (χ3v) is 3.35. The number of hydrogen-bond acceptors (Lipinski definition) is 3. The van der Waals surface area contributed by atoms with Crippen LogP contribution in [0.15, 0.2) is 36.4 Å². The van der Waals surface area contributed by atoms with Gasteiger partial charge >= 0.3 is 0 Å². The topological polar surface area (TPSA) is 50.8 Å². The van der Waals surface area contributed by atoms with Gasteiger partial charge in [-0.1, -0.05) is 12.1 Å². The van der Waals surface area contributed by atoms with Gasteiger partial charge in [-0.15, -0.1) is 0 Å². The Kier molecular flexibility index (Phi) is 3.47. The Morgan fingerprint density at radius 1 is 1.23 bits per heavy atom. The van der Waals surface area contributed by atoms with E-state index in [1.807, 2.05) is 6.07 Å². The maximum Gasteiger partial charge on any atom is 0.161 e. The Hall–Kier alpha value is -2.94. The lowest BCUT2D eigenvalue weighted by molar-refractivity contribution is 0.415. The van der Waals surface area contributed by atoms with Crippen LogP contribution in [0, 0.1) is 23.0 Å². The lowest BCUT2D eigenvalue weighted by Crippen LogP contribution is -1.99. The van der Waals surface area contributed by atoms with E-state index in [0.29, 0.717) is 28.2 Å². The largest absolute Gasteiger partial charge is 0.497 e. The van der Waals surface area contributed by atoms with Crippen LogP contribution in [-0.4, -0.2) is 16.7 Å². The van der Waals surface area contributed by atoms with Crippen molar-refractivity contribution in [2.45, 2.75) is 6.54 Å². The summed E-state index contributed by atoms with van der Waals surface area (Å²) < 4.78 is 33.6. The minimum Gasteiger partial charge on any atom is -0.497 e. The Morgan fingerprint density at radius 2 is 2.00 bits per heavy atom. The van der Waals surface area contributed by atoms with Gasteiger partial charge in [0.05, 0.1) is 24.2 Å². The standard InChI is InChI=1S/C16H11F2N3O/c1-22-11-4-2-3-10(7-11)16-20-14-8-12(17)13(18)9-15(14)21(16)6-5-19/h2-4,7-9H,6H2,1H3. The number of ether oxygens (including phenoxy) is 1. The van der Waals surface area contributed by atoms with Gasteiger partial charge in [0.2, 0.25) is 0 Å². The zero-order chi connectivity index (χ0) is 15.7. The molecule has 0 saturated carbocycles. The van der Waals surface area contributed by atoms with Crippen LogP contribution in [0.3, 0.4) is 0 Å². The van der Waals surface area contributed by atoms with Crippen molar-refractivity contribution >= 4 is 11.0 Å². The van der Waals surface area contributed by atoms with E-state index in [1.54, 1.807) is 35.9 Å². The van der Waals surface area contributed by atoms with Crippen molar-refractivity contribution in [1.82, 2.24) is 9.55 Å². The minimum atomic E-state index is -0.969. The molecule has 0 spiro atoms. The average molecular weight is 299 g/mol. The van der Waals surface area contributed by atoms with Crippen molar-refractivity contribution in [3.8, 4) is 23.2 Å². The molecule has 0 radical (unpaired) electrons. The van der Waals surface area contributed by atoms with Gasteiger partial charge < -0.3 is 9.30 Å². The summed E-state index contributed by atoms with van der Waals surface area (Å²) in [5.41, 5.74) is 1.37. The van der Waals surface area contributed by atoms with E-state index in [1.165, 1.54) is 0 Å². The second-order valence-corrected chi connectivity index (χ2v) is 4.67. The lowest BCUT2D eigenvalue weighted by Gasteiger charge is -2.06. The first kappa shape index (κ1) is 14.0. The van der Waals surface area contributed by atoms with Gasteiger partial charge in [0, 0.05) is 17.7 Å². The van der Waals surface area contributed by atoms with Crippen molar-refractivity contribution in [1.29, 1.82) is 5.26 Å². The smallest absolute Gasteiger partial charge is 0.161 e. The SMILES string of the molecule is COc1cccc(-c2nc3cc(F)c(F)cc3n2CC#N)c1. The van der Waals surface area contributed by atoms with Crippen LogP contribution in [0.25, 0.3) is 22.4 Å². The average Bonchev–Trinajstić information content (AvgIpc) is 2.86. The molecular weight excluding hydrogens is 288 g/mol. The summed E-state index contributed by atoms with van der Waals surface area (Å²) >= 11 is 0. The first-order valence-electron chi connectivity index (χ1n) is 6.50. The molecule has 0 fully saturated rings. The molecule has 2 aromatic carbocycles. The quantitative estimate of drug-likeness (QED) is 0.743. The third-order valence-electron chi connectivity index (χ3n) is 3.35. The summed E-state index contributed by atoms with van der Waals surface area (Å²) in [6.07, 6.45) is 0. The van der Waals surface area contributed by atoms with Crippen molar-refractivity contribution in [3.05, 3.63) is 48.0 Å². The van der Waals surface area contributed by atoms with E-state index < -0.39 is 11.6 Å². The van der Waals surface area contributed by atoms with Gasteiger partial charge in [-0.2, -0.15) is 5.26 Å². The molecule has 1 heterocycles. The summed E-state index contributed by atoms with van der Waals surface area (Å²) in [6.45, 7) is -0.0197. The molecule has 0 aliphatic heterocycles. The Labute approximate surface area is 125 Å². The highest BCUT2D eigenvalue weighted by Gasteiger charge is 2.16. The van der Waals surface area contributed by atoms with E-state index in [2.05, 4.69) is 4.98 Å². The number of aromatic nitrogens is 2. The van der Waals surface area contributed by atoms with Crippen LogP contribution >= 0.6 is 0 Å². The fraction of sp³-hybridized carbons (Fsp3) is 0.125. The summed E-state index contributed by atoms with van der Waals surface area (Å²) in [7, 11) is 1.54. The zero-order valence-electron chi connectivity index (χ0n) is 11.7. The van der Waals surface area contributed by atoms with Crippen LogP contribution in [-0.2, 0) is 6.54 Å². The molecule has 0 aliphatic carbocycles. The molecule has 3 aromatic rings. The first-order valence-corrected chi connectivity index (χ1v) is 6.50. The van der Waals surface area contributed by atoms with Crippen molar-refractivity contribution in [2.24, 2.45) is 0 Å². The summed E-state index contributed by atoms with van der Waals surface area (Å²) in [5.74, 6) is -0.846. The molecule has 6 heteroatoms. The summed E-state index contributed by atoms with van der Waals surface area (Å²) in [5, 5.41) is 9.00. The predicted molar refractivity (Wildman–Crippen MR) is 77.3 cm³/mol. The van der Waals surface area contributed by atoms with Gasteiger partial charge in [-0.3, -0.25) is 0 Å². The maximum atomic E-state index is 13.5. The molecule has 0 aliphatic rings. The van der Waals surface area contributed by atoms with Crippen LogP contribution in [0.5, 0.6) is 5.75 Å². The molecule has 0 atom stereocenters. The van der Waals surface area contributed by atoms with Gasteiger partial charge in [0.15, 0.2) is 11.6 Å². The number of imidazole rings is 1. The van der Waals surface area contributed by atoms with E-state index in [4.69, 9.17) is 10.00 Å². The number of fused-ring (bicyclic) bond motifs is 1. The molecule has 0 bridgehead atoms. The number of halogens is 2. The number of nitrogens with zero attached hydrogens (tertiary/aromatic N) is 3. The van der Waals surface area contributed by atoms with E-state index >= 15 is 0 Å². The Bertz CT molecular complexity index is 896. The van der Waals surface area contributed by atoms with Crippen molar-refractivity contribution < 1.29 is 13.5 Å². The van der Waals surface area contributed by atoms with Crippen LogP contribution in [0.4, 0.5) is 8.78 Å². The molecule has 3 rings (SSSR count). The molecule has 22 heavy (non-hydrogen) atoms. The van der Waals surface area contributed by atoms with Gasteiger partial charge in [-0.25, -0.2) is 13.8 Å². The van der Waals surface area contributed by atoms with Crippen LogP contribution < -0.4 is 4.74 Å². The molecule has 110 valence electrons. The highest BCUT2D eigenvalue weighted by Crippen LogP contribution is 2.28. The third kappa shape index (κ3) is 2.27. The van der Waals surface area contributed by atoms with Crippen LogP contribution in [0.2, 0.25) is 0 Å². The molecule has 0 unspecified atom stereocenters. The van der Waals surface area contributed by atoms with Gasteiger partial charge in [0.1, 0.15) is 18.1 Å². The van der Waals surface area contributed by atoms with Crippen molar-refractivity contribution in [3.63, 3.8) is 0 Å². The number of rotatable bonds is 3. The van der Waals surface area contributed by atoms with Crippen LogP contribution in [0.1, 0.15) is 0 Å². The van der Waals surface area contributed by atoms with E-state index in [9.17, 15) is 8.78 Å². The maximum absolute atomic E-state index is 13.5. The van der Waals surface area contributed by atoms with E-state index in [0.717, 1.165) is 12.1 Å². The molecule has 4 nitrogen and oxygen atoms in total. The monoisotopic (exact) mass is 299 g/mol. The lowest BCUT2D eigenvalue weighted by atomic mass is 10.2. The molecule has 1 aromatic heterocycles. The second-order valence-electron chi connectivity index (χ2n) is 4.67. The number of benzene rings is 2. The van der Waals surface area contributed by atoms with Crippen molar-refractivity contribution in [2.75, 3.05) is 7.11 Å². The van der Waals surface area contributed by atoms with Gasteiger partial charge in [-0.05, 0) is 12.1 Å². The Balaban J connectivity index is 2.28. The molecule has 0 saturated heterocycles. The number of hydrogen-bond donors (Lipinski definition) is 0. The highest BCUT2D eigenvalue weighted by atomic mass is 19.2. The first-order chi connectivity index (χ1) is 10.6. The second kappa shape index (κ2) is 5.45. The number of nitriles is 1. The predicted octanol–water partition coefficient (Wildman–Crippen LogP) is 3.51.